The zero-order chi connectivity index (χ0) is 22.2. The molecule has 32 heavy (non-hydrogen) atoms. The molecule has 0 bridgehead atoms. The largest absolute Gasteiger partial charge is 0.497 e. The molecule has 1 N–H and O–H groups in total. The number of piperidine rings is 1. The summed E-state index contributed by atoms with van der Waals surface area (Å²) >= 11 is 0. The molecule has 0 spiro atoms. The molecule has 0 aliphatic carbocycles. The number of aliphatic hydroxyl groups excluding tert-OH is 1. The number of hydrogen-bond acceptors (Lipinski definition) is 6. The van der Waals surface area contributed by atoms with Gasteiger partial charge in [-0.25, -0.2) is 0 Å². The Hall–Kier alpha value is -3.01. The number of pyridine rings is 1. The number of fused-ring (bicyclic) bond motifs is 1. The number of benzene rings is 1. The minimum Gasteiger partial charge on any atom is -0.497 e. The highest BCUT2D eigenvalue weighted by Gasteiger charge is 2.28. The molecule has 0 saturated carbocycles. The van der Waals surface area contributed by atoms with E-state index in [2.05, 4.69) is 44.1 Å². The van der Waals surface area contributed by atoms with Crippen molar-refractivity contribution < 1.29 is 9.84 Å². The molecule has 1 fully saturated rings. The Morgan fingerprint density at radius 3 is 2.94 bits per heavy atom. The number of likely N-dealkylation sites (tertiary alicyclic amines) is 1. The third-order valence-electron chi connectivity index (χ3n) is 6.36. The maximum absolute atomic E-state index is 9.99. The molecule has 4 rings (SSSR count). The van der Waals surface area contributed by atoms with Gasteiger partial charge < -0.3 is 9.84 Å². The lowest BCUT2D eigenvalue weighted by Crippen LogP contribution is -2.42. The van der Waals surface area contributed by atoms with Crippen molar-refractivity contribution in [2.24, 2.45) is 11.8 Å². The monoisotopic (exact) mass is 430 g/mol. The average Bonchev–Trinajstić information content (AvgIpc) is 2.85. The minimum absolute atomic E-state index is 0.230. The van der Waals surface area contributed by atoms with Crippen molar-refractivity contribution in [3.63, 3.8) is 0 Å². The van der Waals surface area contributed by atoms with Crippen LogP contribution in [0, 0.1) is 23.7 Å². The highest BCUT2D eigenvalue weighted by atomic mass is 16.5. The van der Waals surface area contributed by atoms with Crippen LogP contribution in [0.1, 0.15) is 30.5 Å². The summed E-state index contributed by atoms with van der Waals surface area (Å²) in [6.45, 7) is 2.84. The molecule has 0 radical (unpaired) electrons. The predicted molar refractivity (Wildman–Crippen MR) is 125 cm³/mol. The third kappa shape index (κ3) is 5.61. The van der Waals surface area contributed by atoms with E-state index in [4.69, 9.17) is 4.74 Å². The van der Waals surface area contributed by atoms with Gasteiger partial charge in [-0.3, -0.25) is 9.88 Å². The Balaban J connectivity index is 1.30. The van der Waals surface area contributed by atoms with E-state index in [0.717, 1.165) is 50.0 Å². The zero-order valence-electron chi connectivity index (χ0n) is 18.6. The van der Waals surface area contributed by atoms with Gasteiger partial charge in [0.2, 0.25) is 0 Å². The van der Waals surface area contributed by atoms with E-state index >= 15 is 0 Å². The van der Waals surface area contributed by atoms with Crippen LogP contribution in [0.15, 0.2) is 48.8 Å². The molecule has 0 amide bonds. The lowest BCUT2D eigenvalue weighted by Gasteiger charge is -2.37. The molecular weight excluding hydrogens is 400 g/mol. The highest BCUT2D eigenvalue weighted by molar-refractivity contribution is 5.83. The molecule has 166 valence electrons. The number of aliphatic hydroxyl groups is 1. The maximum atomic E-state index is 9.99. The van der Waals surface area contributed by atoms with Gasteiger partial charge in [0.25, 0.3) is 0 Å². The van der Waals surface area contributed by atoms with E-state index < -0.39 is 0 Å². The van der Waals surface area contributed by atoms with Gasteiger partial charge in [0.15, 0.2) is 0 Å². The van der Waals surface area contributed by atoms with Gasteiger partial charge in [-0.15, -0.1) is 5.10 Å². The molecule has 3 heterocycles. The van der Waals surface area contributed by atoms with Crippen molar-refractivity contribution in [3.8, 4) is 17.6 Å². The SMILES string of the molecule is COc1ccc2nccc(CCC[C@@H]3CCN(CC#Cc4cccnn4)C[C@@H]3CO)c2c1. The first-order valence-electron chi connectivity index (χ1n) is 11.3. The van der Waals surface area contributed by atoms with E-state index in [9.17, 15) is 5.11 Å². The molecule has 2 atom stereocenters. The summed E-state index contributed by atoms with van der Waals surface area (Å²) < 4.78 is 5.39. The van der Waals surface area contributed by atoms with Gasteiger partial charge in [-0.1, -0.05) is 5.92 Å². The van der Waals surface area contributed by atoms with Crippen LogP contribution in [0.4, 0.5) is 0 Å². The van der Waals surface area contributed by atoms with Crippen LogP contribution in [-0.2, 0) is 6.42 Å². The number of aromatic nitrogens is 3. The third-order valence-corrected chi connectivity index (χ3v) is 6.36. The first-order chi connectivity index (χ1) is 15.8. The molecule has 6 nitrogen and oxygen atoms in total. The van der Waals surface area contributed by atoms with Crippen LogP contribution in [-0.4, -0.2) is 58.5 Å². The van der Waals surface area contributed by atoms with E-state index in [1.54, 1.807) is 13.3 Å². The standard InChI is InChI=1S/C26H30N4O2/c1-32-24-9-10-26-25(17-24)21(11-14-27-26)6-2-5-20-12-16-30(18-22(20)19-31)15-4-8-23-7-3-13-28-29-23/h3,7,9-11,13-14,17,20,22,31H,2,5-6,12,15-16,18-19H2,1H3/t20-,22-/m1/s1. The first-order valence-corrected chi connectivity index (χ1v) is 11.3. The fraction of sp³-hybridized carbons (Fsp3) is 0.423. The van der Waals surface area contributed by atoms with Crippen LogP contribution in [0.25, 0.3) is 10.9 Å². The van der Waals surface area contributed by atoms with Crippen molar-refractivity contribution in [1.29, 1.82) is 0 Å². The lowest BCUT2D eigenvalue weighted by molar-refractivity contribution is 0.0748. The first kappa shape index (κ1) is 22.2. The Morgan fingerprint density at radius 2 is 2.12 bits per heavy atom. The second kappa shape index (κ2) is 11.0. The average molecular weight is 431 g/mol. The van der Waals surface area contributed by atoms with Gasteiger partial charge in [0.1, 0.15) is 11.4 Å². The summed E-state index contributed by atoms with van der Waals surface area (Å²) in [5.41, 5.74) is 3.01. The Morgan fingerprint density at radius 1 is 1.19 bits per heavy atom. The number of methoxy groups -OCH3 is 1. The van der Waals surface area contributed by atoms with E-state index in [1.165, 1.54) is 10.9 Å². The molecule has 1 aliphatic rings. The summed E-state index contributed by atoms with van der Waals surface area (Å²) in [7, 11) is 1.69. The normalized spacial score (nSPS) is 18.8. The summed E-state index contributed by atoms with van der Waals surface area (Å²) in [6.07, 6.45) is 7.87. The molecule has 6 heteroatoms. The van der Waals surface area contributed by atoms with Crippen LogP contribution < -0.4 is 4.74 Å². The van der Waals surface area contributed by atoms with Gasteiger partial charge >= 0.3 is 0 Å². The van der Waals surface area contributed by atoms with Crippen LogP contribution in [0.3, 0.4) is 0 Å². The molecule has 1 aliphatic heterocycles. The minimum atomic E-state index is 0.230. The number of aryl methyl sites for hydroxylation is 1. The zero-order valence-corrected chi connectivity index (χ0v) is 18.6. The second-order valence-corrected chi connectivity index (χ2v) is 8.38. The Bertz CT molecular complexity index is 1080. The van der Waals surface area contributed by atoms with Gasteiger partial charge in [-0.2, -0.15) is 5.10 Å². The Labute approximate surface area is 189 Å². The second-order valence-electron chi connectivity index (χ2n) is 8.38. The van der Waals surface area contributed by atoms with E-state index in [0.29, 0.717) is 24.1 Å². The molecule has 1 aromatic carbocycles. The number of ether oxygens (including phenoxy) is 1. The van der Waals surface area contributed by atoms with Gasteiger partial charge in [0.05, 0.1) is 19.2 Å². The predicted octanol–water partition coefficient (Wildman–Crippen LogP) is 3.34. The fourth-order valence-corrected chi connectivity index (χ4v) is 4.58. The topological polar surface area (TPSA) is 71.4 Å². The summed E-state index contributed by atoms with van der Waals surface area (Å²) in [6, 6.07) is 11.9. The number of hydrogen-bond donors (Lipinski definition) is 1. The quantitative estimate of drug-likeness (QED) is 0.580. The smallest absolute Gasteiger partial charge is 0.135 e. The van der Waals surface area contributed by atoms with Gasteiger partial charge in [-0.05, 0) is 91.9 Å². The van der Waals surface area contributed by atoms with Crippen molar-refractivity contribution in [2.75, 3.05) is 33.4 Å². The van der Waals surface area contributed by atoms with Crippen LogP contribution in [0.2, 0.25) is 0 Å². The summed E-state index contributed by atoms with van der Waals surface area (Å²) in [5, 5.41) is 19.0. The lowest BCUT2D eigenvalue weighted by atomic mass is 9.82. The Kier molecular flexibility index (Phi) is 7.65. The fourth-order valence-electron chi connectivity index (χ4n) is 4.58. The number of nitrogens with zero attached hydrogens (tertiary/aromatic N) is 4. The number of rotatable bonds is 7. The van der Waals surface area contributed by atoms with Gasteiger partial charge in [0, 0.05) is 30.9 Å². The van der Waals surface area contributed by atoms with Crippen molar-refractivity contribution in [2.45, 2.75) is 25.7 Å². The van der Waals surface area contributed by atoms with E-state index in [-0.39, 0.29) is 6.61 Å². The molecule has 3 aromatic rings. The van der Waals surface area contributed by atoms with Crippen molar-refractivity contribution in [3.05, 3.63) is 60.0 Å². The highest BCUT2D eigenvalue weighted by Crippen LogP contribution is 2.29. The molecule has 2 aromatic heterocycles. The molecular formula is C26H30N4O2. The maximum Gasteiger partial charge on any atom is 0.135 e. The summed E-state index contributed by atoms with van der Waals surface area (Å²) in [5.74, 6) is 7.98. The summed E-state index contributed by atoms with van der Waals surface area (Å²) in [4.78, 5) is 6.82. The van der Waals surface area contributed by atoms with Crippen molar-refractivity contribution >= 4 is 10.9 Å². The van der Waals surface area contributed by atoms with Crippen molar-refractivity contribution in [1.82, 2.24) is 20.1 Å². The molecule has 0 unspecified atom stereocenters. The van der Waals surface area contributed by atoms with E-state index in [1.807, 2.05) is 30.5 Å². The molecule has 1 saturated heterocycles. The van der Waals surface area contributed by atoms with Crippen LogP contribution >= 0.6 is 0 Å². The van der Waals surface area contributed by atoms with Crippen LogP contribution in [0.5, 0.6) is 5.75 Å².